The summed E-state index contributed by atoms with van der Waals surface area (Å²) in [5, 5.41) is 0. The van der Waals surface area contributed by atoms with Crippen molar-refractivity contribution in [3.63, 3.8) is 0 Å². The molecule has 0 radical (unpaired) electrons. The lowest BCUT2D eigenvalue weighted by molar-refractivity contribution is -0.161. The second-order valence-corrected chi connectivity index (χ2v) is 4.70. The number of rotatable bonds is 5. The molecular formula is C14H18F3NO2. The van der Waals surface area contributed by atoms with Gasteiger partial charge in [-0.2, -0.15) is 13.2 Å². The van der Waals surface area contributed by atoms with Crippen LogP contribution in [-0.4, -0.2) is 37.2 Å². The van der Waals surface area contributed by atoms with Crippen molar-refractivity contribution in [3.05, 3.63) is 29.8 Å². The van der Waals surface area contributed by atoms with Crippen LogP contribution in [0.15, 0.2) is 24.3 Å². The van der Waals surface area contributed by atoms with E-state index >= 15 is 0 Å². The summed E-state index contributed by atoms with van der Waals surface area (Å²) in [5.74, 6) is -0.207. The summed E-state index contributed by atoms with van der Waals surface area (Å²) in [6.45, 7) is 1.72. The van der Waals surface area contributed by atoms with Gasteiger partial charge in [-0.15, -0.1) is 0 Å². The molecule has 3 nitrogen and oxygen atoms in total. The van der Waals surface area contributed by atoms with Gasteiger partial charge in [-0.05, 0) is 31.0 Å². The van der Waals surface area contributed by atoms with Crippen LogP contribution in [0.2, 0.25) is 0 Å². The number of alkyl halides is 3. The lowest BCUT2D eigenvalue weighted by Crippen LogP contribution is -2.38. The van der Waals surface area contributed by atoms with Crippen molar-refractivity contribution in [1.29, 1.82) is 0 Å². The summed E-state index contributed by atoms with van der Waals surface area (Å²) >= 11 is 0. The fourth-order valence-corrected chi connectivity index (χ4v) is 1.78. The zero-order valence-electron chi connectivity index (χ0n) is 11.7. The maximum absolute atomic E-state index is 12.2. The summed E-state index contributed by atoms with van der Waals surface area (Å²) < 4.78 is 41.6. The van der Waals surface area contributed by atoms with Gasteiger partial charge < -0.3 is 9.64 Å². The number of carbonyl (C=O) groups excluding carboxylic acids is 1. The second-order valence-electron chi connectivity index (χ2n) is 4.70. The zero-order chi connectivity index (χ0) is 15.3. The molecule has 6 heteroatoms. The average Bonchev–Trinajstić information content (AvgIpc) is 2.36. The molecule has 0 spiro atoms. The van der Waals surface area contributed by atoms with Crippen LogP contribution in [0.25, 0.3) is 0 Å². The molecule has 1 aromatic carbocycles. The number of ether oxygens (including phenoxy) is 1. The highest BCUT2D eigenvalue weighted by atomic mass is 19.4. The molecule has 1 aromatic rings. The van der Waals surface area contributed by atoms with E-state index in [1.165, 1.54) is 7.05 Å². The standard InChI is InChI=1S/C14H18F3NO2/c1-10(18(2)13(19)9-14(15,16)17)8-11-4-6-12(20-3)7-5-11/h4-7,10H,8-9H2,1-3H3/t10-/m0/s1. The Morgan fingerprint density at radius 2 is 1.85 bits per heavy atom. The molecule has 0 saturated heterocycles. The van der Waals surface area contributed by atoms with E-state index in [1.54, 1.807) is 26.2 Å². The molecule has 0 aliphatic carbocycles. The van der Waals surface area contributed by atoms with E-state index in [4.69, 9.17) is 4.74 Å². The molecule has 20 heavy (non-hydrogen) atoms. The van der Waals surface area contributed by atoms with Gasteiger partial charge in [0.2, 0.25) is 5.91 Å². The van der Waals surface area contributed by atoms with Crippen LogP contribution in [0, 0.1) is 0 Å². The molecule has 0 aliphatic heterocycles. The topological polar surface area (TPSA) is 29.5 Å². The first kappa shape index (κ1) is 16.3. The highest BCUT2D eigenvalue weighted by Gasteiger charge is 2.33. The first-order valence-electron chi connectivity index (χ1n) is 6.18. The third kappa shape index (κ3) is 5.11. The van der Waals surface area contributed by atoms with Gasteiger partial charge >= 0.3 is 6.18 Å². The van der Waals surface area contributed by atoms with Gasteiger partial charge in [-0.1, -0.05) is 12.1 Å². The number of carbonyl (C=O) groups is 1. The molecule has 0 bridgehead atoms. The minimum Gasteiger partial charge on any atom is -0.497 e. The number of likely N-dealkylation sites (N-methyl/N-ethyl adjacent to an activating group) is 1. The van der Waals surface area contributed by atoms with Gasteiger partial charge in [0, 0.05) is 13.1 Å². The summed E-state index contributed by atoms with van der Waals surface area (Å²) in [6, 6.07) is 6.91. The Bertz CT molecular complexity index is 443. The molecule has 0 fully saturated rings. The molecule has 0 saturated carbocycles. The normalized spacial score (nSPS) is 12.9. The molecule has 1 amide bonds. The van der Waals surface area contributed by atoms with E-state index in [0.29, 0.717) is 12.2 Å². The maximum Gasteiger partial charge on any atom is 0.397 e. The molecule has 0 heterocycles. The third-order valence-corrected chi connectivity index (χ3v) is 3.10. The molecule has 0 N–H and O–H groups in total. The van der Waals surface area contributed by atoms with E-state index in [9.17, 15) is 18.0 Å². The Kier molecular flexibility index (Phi) is 5.42. The number of amides is 1. The van der Waals surface area contributed by atoms with Crippen molar-refractivity contribution in [3.8, 4) is 5.75 Å². The van der Waals surface area contributed by atoms with Crippen molar-refractivity contribution in [1.82, 2.24) is 4.90 Å². The number of hydrogen-bond donors (Lipinski definition) is 0. The molecule has 0 unspecified atom stereocenters. The fourth-order valence-electron chi connectivity index (χ4n) is 1.78. The summed E-state index contributed by atoms with van der Waals surface area (Å²) in [5.41, 5.74) is 0.935. The van der Waals surface area contributed by atoms with Gasteiger partial charge in [0.15, 0.2) is 0 Å². The molecule has 1 atom stereocenters. The first-order chi connectivity index (χ1) is 9.23. The van der Waals surface area contributed by atoms with Crippen molar-refractivity contribution in [2.75, 3.05) is 14.2 Å². The highest BCUT2D eigenvalue weighted by molar-refractivity contribution is 5.76. The largest absolute Gasteiger partial charge is 0.497 e. The fraction of sp³-hybridized carbons (Fsp3) is 0.500. The Balaban J connectivity index is 2.60. The zero-order valence-corrected chi connectivity index (χ0v) is 11.7. The van der Waals surface area contributed by atoms with Crippen LogP contribution < -0.4 is 4.74 Å². The van der Waals surface area contributed by atoms with Crippen LogP contribution in [0.1, 0.15) is 18.9 Å². The van der Waals surface area contributed by atoms with Crippen molar-refractivity contribution >= 4 is 5.91 Å². The van der Waals surface area contributed by atoms with Gasteiger partial charge in [0.05, 0.1) is 7.11 Å². The number of nitrogens with zero attached hydrogens (tertiary/aromatic N) is 1. The lowest BCUT2D eigenvalue weighted by Gasteiger charge is -2.25. The SMILES string of the molecule is COc1ccc(C[C@H](C)N(C)C(=O)CC(F)(F)F)cc1. The predicted molar refractivity (Wildman–Crippen MR) is 69.6 cm³/mol. The van der Waals surface area contributed by atoms with E-state index in [1.807, 2.05) is 12.1 Å². The first-order valence-corrected chi connectivity index (χ1v) is 6.18. The second kappa shape index (κ2) is 6.63. The summed E-state index contributed by atoms with van der Waals surface area (Å²) in [7, 11) is 2.95. The van der Waals surface area contributed by atoms with Crippen LogP contribution in [0.3, 0.4) is 0 Å². The molecule has 0 aromatic heterocycles. The Labute approximate surface area is 116 Å². The third-order valence-electron chi connectivity index (χ3n) is 3.10. The smallest absolute Gasteiger partial charge is 0.397 e. The molecular weight excluding hydrogens is 271 g/mol. The van der Waals surface area contributed by atoms with Crippen molar-refractivity contribution < 1.29 is 22.7 Å². The average molecular weight is 289 g/mol. The van der Waals surface area contributed by atoms with Gasteiger partial charge in [0.1, 0.15) is 12.2 Å². The number of benzene rings is 1. The number of hydrogen-bond acceptors (Lipinski definition) is 2. The van der Waals surface area contributed by atoms with Crippen LogP contribution >= 0.6 is 0 Å². The summed E-state index contributed by atoms with van der Waals surface area (Å²) in [6.07, 6.45) is -5.40. The quantitative estimate of drug-likeness (QED) is 0.834. The number of methoxy groups -OCH3 is 1. The lowest BCUT2D eigenvalue weighted by atomic mass is 10.1. The van der Waals surface area contributed by atoms with E-state index in [-0.39, 0.29) is 6.04 Å². The van der Waals surface area contributed by atoms with E-state index in [2.05, 4.69) is 0 Å². The van der Waals surface area contributed by atoms with Crippen LogP contribution in [0.4, 0.5) is 13.2 Å². The van der Waals surface area contributed by atoms with Gasteiger partial charge in [-0.3, -0.25) is 4.79 Å². The van der Waals surface area contributed by atoms with E-state index in [0.717, 1.165) is 10.5 Å². The van der Waals surface area contributed by atoms with Crippen molar-refractivity contribution in [2.24, 2.45) is 0 Å². The van der Waals surface area contributed by atoms with Crippen LogP contribution in [-0.2, 0) is 11.2 Å². The Morgan fingerprint density at radius 3 is 2.30 bits per heavy atom. The minimum atomic E-state index is -4.47. The Hall–Kier alpha value is -1.72. The Morgan fingerprint density at radius 1 is 1.30 bits per heavy atom. The molecule has 0 aliphatic rings. The molecule has 1 rings (SSSR count). The van der Waals surface area contributed by atoms with Crippen LogP contribution in [0.5, 0.6) is 5.75 Å². The maximum atomic E-state index is 12.2. The number of halogens is 3. The summed E-state index contributed by atoms with van der Waals surface area (Å²) in [4.78, 5) is 12.6. The molecule has 112 valence electrons. The highest BCUT2D eigenvalue weighted by Crippen LogP contribution is 2.21. The van der Waals surface area contributed by atoms with Crippen molar-refractivity contribution in [2.45, 2.75) is 32.0 Å². The predicted octanol–water partition coefficient (Wildman–Crippen LogP) is 3.04. The van der Waals surface area contributed by atoms with Gasteiger partial charge in [-0.25, -0.2) is 0 Å². The monoisotopic (exact) mass is 289 g/mol. The van der Waals surface area contributed by atoms with Gasteiger partial charge in [0.25, 0.3) is 0 Å². The van der Waals surface area contributed by atoms with E-state index < -0.39 is 18.5 Å². The minimum absolute atomic E-state index is 0.307.